The molecule has 2 N–H and O–H groups in total. The molecular weight excluding hydrogens is 402 g/mol. The number of piperazine rings is 1. The molecule has 0 bridgehead atoms. The van der Waals surface area contributed by atoms with Crippen LogP contribution in [0.1, 0.15) is 17.7 Å². The summed E-state index contributed by atoms with van der Waals surface area (Å²) in [7, 11) is 0. The minimum absolute atomic E-state index is 0.465. The second kappa shape index (κ2) is 7.76. The zero-order valence-corrected chi connectivity index (χ0v) is 19.1. The molecule has 3 aromatic rings. The van der Waals surface area contributed by atoms with Crippen molar-refractivity contribution in [3.05, 3.63) is 41.3 Å². The van der Waals surface area contributed by atoms with Gasteiger partial charge in [-0.15, -0.1) is 11.3 Å². The van der Waals surface area contributed by atoms with Gasteiger partial charge in [-0.05, 0) is 50.6 Å². The molecule has 3 aliphatic heterocycles. The van der Waals surface area contributed by atoms with Crippen LogP contribution in [-0.2, 0) is 0 Å². The van der Waals surface area contributed by atoms with Gasteiger partial charge in [-0.3, -0.25) is 0 Å². The van der Waals surface area contributed by atoms with Crippen LogP contribution < -0.4 is 20.4 Å². The first kappa shape index (κ1) is 19.5. The predicted molar refractivity (Wildman–Crippen MR) is 132 cm³/mol. The van der Waals surface area contributed by atoms with Gasteiger partial charge in [0, 0.05) is 67.4 Å². The minimum Gasteiger partial charge on any atom is -0.370 e. The molecule has 3 saturated heterocycles. The largest absolute Gasteiger partial charge is 0.370 e. The number of aromatic nitrogens is 1. The summed E-state index contributed by atoms with van der Waals surface area (Å²) in [5.41, 5.74) is 6.61. The van der Waals surface area contributed by atoms with E-state index in [1.807, 2.05) is 11.3 Å². The maximum absolute atomic E-state index is 5.08. The lowest BCUT2D eigenvalue weighted by molar-refractivity contribution is 0.369. The summed E-state index contributed by atoms with van der Waals surface area (Å²) >= 11 is 1.89. The van der Waals surface area contributed by atoms with Crippen LogP contribution in [-0.4, -0.2) is 57.3 Å². The number of anilines is 2. The second-order valence-corrected chi connectivity index (χ2v) is 10.7. The topological polar surface area (TPSA) is 43.4 Å². The molecule has 1 atom stereocenters. The molecule has 0 aliphatic carbocycles. The molecule has 1 spiro atoms. The van der Waals surface area contributed by atoms with Gasteiger partial charge in [-0.25, -0.2) is 4.98 Å². The van der Waals surface area contributed by atoms with Crippen molar-refractivity contribution < 1.29 is 0 Å². The highest BCUT2D eigenvalue weighted by molar-refractivity contribution is 7.19. The van der Waals surface area contributed by atoms with Crippen molar-refractivity contribution in [2.45, 2.75) is 19.8 Å². The lowest BCUT2D eigenvalue weighted by atomic mass is 9.86. The van der Waals surface area contributed by atoms with Crippen LogP contribution in [0.2, 0.25) is 0 Å². The van der Waals surface area contributed by atoms with Crippen LogP contribution in [0.15, 0.2) is 36.4 Å². The van der Waals surface area contributed by atoms with Crippen molar-refractivity contribution in [1.82, 2.24) is 15.6 Å². The van der Waals surface area contributed by atoms with E-state index in [0.717, 1.165) is 50.5 Å². The lowest BCUT2D eigenvalue weighted by Crippen LogP contribution is -2.43. The summed E-state index contributed by atoms with van der Waals surface area (Å²) in [6.07, 6.45) is 2.60. The average molecular weight is 434 g/mol. The Morgan fingerprint density at radius 2 is 1.77 bits per heavy atom. The summed E-state index contributed by atoms with van der Waals surface area (Å²) in [6, 6.07) is 13.6. The summed E-state index contributed by atoms with van der Waals surface area (Å²) < 4.78 is 1.35. The molecule has 162 valence electrons. The third-order valence-corrected chi connectivity index (χ3v) is 8.40. The van der Waals surface area contributed by atoms with Crippen LogP contribution in [0.5, 0.6) is 0 Å². The molecule has 1 unspecified atom stereocenters. The Bertz CT molecular complexity index is 1080. The van der Waals surface area contributed by atoms with Gasteiger partial charge in [-0.2, -0.15) is 0 Å². The van der Waals surface area contributed by atoms with E-state index in [0.29, 0.717) is 5.41 Å². The fourth-order valence-corrected chi connectivity index (χ4v) is 6.55. The Hall–Kier alpha value is -2.15. The molecule has 0 amide bonds. The Morgan fingerprint density at radius 1 is 0.935 bits per heavy atom. The Kier molecular flexibility index (Phi) is 4.89. The van der Waals surface area contributed by atoms with E-state index in [-0.39, 0.29) is 0 Å². The fourth-order valence-electron chi connectivity index (χ4n) is 5.56. The summed E-state index contributed by atoms with van der Waals surface area (Å²) in [6.45, 7) is 11.1. The van der Waals surface area contributed by atoms with Crippen LogP contribution in [0, 0.1) is 12.3 Å². The van der Waals surface area contributed by atoms with Gasteiger partial charge in [0.15, 0.2) is 0 Å². The van der Waals surface area contributed by atoms with E-state index < -0.39 is 0 Å². The SMILES string of the molecule is Cc1cc2nc(-c3ccc(N4CCNCC4)cc3)cc(N3CCC4(CCNC4)C3)c2s1. The number of aryl methyl sites for hydroxylation is 1. The molecule has 6 heteroatoms. The lowest BCUT2D eigenvalue weighted by Gasteiger charge is -2.29. The highest BCUT2D eigenvalue weighted by atomic mass is 32.1. The van der Waals surface area contributed by atoms with E-state index in [4.69, 9.17) is 4.98 Å². The number of rotatable bonds is 3. The number of nitrogens with one attached hydrogen (secondary N) is 2. The molecule has 0 saturated carbocycles. The number of hydrogen-bond acceptors (Lipinski definition) is 6. The molecule has 31 heavy (non-hydrogen) atoms. The van der Waals surface area contributed by atoms with Crippen molar-refractivity contribution in [1.29, 1.82) is 0 Å². The Labute approximate surface area is 188 Å². The third kappa shape index (κ3) is 3.60. The zero-order valence-electron chi connectivity index (χ0n) is 18.3. The molecule has 3 aliphatic rings. The van der Waals surface area contributed by atoms with E-state index in [9.17, 15) is 0 Å². The van der Waals surface area contributed by atoms with Crippen molar-refractivity contribution >= 4 is 32.9 Å². The number of hydrogen-bond donors (Lipinski definition) is 2. The zero-order chi connectivity index (χ0) is 20.8. The highest BCUT2D eigenvalue weighted by Crippen LogP contribution is 2.43. The highest BCUT2D eigenvalue weighted by Gasteiger charge is 2.40. The minimum atomic E-state index is 0.465. The van der Waals surface area contributed by atoms with Gasteiger partial charge < -0.3 is 20.4 Å². The van der Waals surface area contributed by atoms with Crippen LogP contribution in [0.25, 0.3) is 21.5 Å². The van der Waals surface area contributed by atoms with Gasteiger partial charge in [-0.1, -0.05) is 12.1 Å². The van der Waals surface area contributed by atoms with Crippen LogP contribution in [0.3, 0.4) is 0 Å². The molecule has 0 radical (unpaired) electrons. The van der Waals surface area contributed by atoms with Gasteiger partial charge in [0.2, 0.25) is 0 Å². The van der Waals surface area contributed by atoms with E-state index in [2.05, 4.69) is 63.8 Å². The predicted octanol–water partition coefficient (Wildman–Crippen LogP) is 3.87. The van der Waals surface area contributed by atoms with Crippen LogP contribution >= 0.6 is 11.3 Å². The van der Waals surface area contributed by atoms with Crippen molar-refractivity contribution in [2.75, 3.05) is 62.2 Å². The number of fused-ring (bicyclic) bond motifs is 1. The number of pyridine rings is 1. The monoisotopic (exact) mass is 433 g/mol. The standard InChI is InChI=1S/C25H31N5S/c1-18-14-22-24(31-18)23(30-11-7-25(17-30)6-8-27-16-25)15-21(28-22)19-2-4-20(5-3-19)29-12-9-26-10-13-29/h2-5,14-15,26-27H,6-13,16-17H2,1H3. The van der Waals surface area contributed by atoms with Gasteiger partial charge in [0.05, 0.1) is 21.6 Å². The number of nitrogens with zero attached hydrogens (tertiary/aromatic N) is 3. The first-order valence-electron chi connectivity index (χ1n) is 11.6. The van der Waals surface area contributed by atoms with Gasteiger partial charge in [0.1, 0.15) is 0 Å². The Balaban J connectivity index is 1.35. The first-order chi connectivity index (χ1) is 15.2. The van der Waals surface area contributed by atoms with E-state index in [1.165, 1.54) is 52.4 Å². The quantitative estimate of drug-likeness (QED) is 0.656. The molecular formula is C25H31N5S. The molecule has 2 aromatic heterocycles. The molecule has 5 nitrogen and oxygen atoms in total. The smallest absolute Gasteiger partial charge is 0.0841 e. The van der Waals surface area contributed by atoms with Crippen molar-refractivity contribution in [2.24, 2.45) is 5.41 Å². The molecule has 3 fully saturated rings. The van der Waals surface area contributed by atoms with Crippen LogP contribution in [0.4, 0.5) is 11.4 Å². The maximum Gasteiger partial charge on any atom is 0.0841 e. The summed E-state index contributed by atoms with van der Waals surface area (Å²) in [5.74, 6) is 0. The maximum atomic E-state index is 5.08. The molecule has 5 heterocycles. The van der Waals surface area contributed by atoms with E-state index in [1.54, 1.807) is 0 Å². The fraction of sp³-hybridized carbons (Fsp3) is 0.480. The second-order valence-electron chi connectivity index (χ2n) is 9.48. The number of thiophene rings is 1. The summed E-state index contributed by atoms with van der Waals surface area (Å²) in [5, 5.41) is 7.03. The van der Waals surface area contributed by atoms with Crippen molar-refractivity contribution in [3.8, 4) is 11.3 Å². The van der Waals surface area contributed by atoms with Gasteiger partial charge >= 0.3 is 0 Å². The average Bonchev–Trinajstić information content (AvgIpc) is 3.54. The third-order valence-electron chi connectivity index (χ3n) is 7.34. The Morgan fingerprint density at radius 3 is 2.55 bits per heavy atom. The number of benzene rings is 1. The van der Waals surface area contributed by atoms with Gasteiger partial charge in [0.25, 0.3) is 0 Å². The van der Waals surface area contributed by atoms with Crippen molar-refractivity contribution in [3.63, 3.8) is 0 Å². The normalized spacial score (nSPS) is 24.0. The molecule has 1 aromatic carbocycles. The van der Waals surface area contributed by atoms with E-state index >= 15 is 0 Å². The first-order valence-corrected chi connectivity index (χ1v) is 12.4. The summed E-state index contributed by atoms with van der Waals surface area (Å²) in [4.78, 5) is 11.5. The molecule has 6 rings (SSSR count).